The maximum Gasteiger partial charge on any atom is 0.338 e. The van der Waals surface area contributed by atoms with Gasteiger partial charge >= 0.3 is 11.9 Å². The van der Waals surface area contributed by atoms with E-state index in [1.54, 1.807) is 6.92 Å². The van der Waals surface area contributed by atoms with Gasteiger partial charge in [-0.1, -0.05) is 11.6 Å². The van der Waals surface area contributed by atoms with E-state index in [1.165, 1.54) is 7.11 Å². The molecule has 7 heteroatoms. The Labute approximate surface area is 112 Å². The lowest BCUT2D eigenvalue weighted by Crippen LogP contribution is -2.14. The Bertz CT molecular complexity index is 492. The molecule has 0 saturated heterocycles. The lowest BCUT2D eigenvalue weighted by atomic mass is 10.2. The Hall–Kier alpha value is -1.27. The van der Waals surface area contributed by atoms with Crippen LogP contribution in [0.4, 0.5) is 4.39 Å². The maximum atomic E-state index is 13.3. The molecule has 0 aliphatic heterocycles. The van der Waals surface area contributed by atoms with Crippen LogP contribution < -0.4 is 0 Å². The van der Waals surface area contributed by atoms with Crippen LogP contribution in [0.3, 0.4) is 0 Å². The van der Waals surface area contributed by atoms with Gasteiger partial charge in [-0.25, -0.2) is 9.18 Å². The molecule has 0 spiro atoms. The normalized spacial score (nSPS) is 12.0. The molecule has 0 aliphatic carbocycles. The molecule has 4 nitrogen and oxygen atoms in total. The highest BCUT2D eigenvalue weighted by Crippen LogP contribution is 2.32. The van der Waals surface area contributed by atoms with Crippen LogP contribution in [0, 0.1) is 5.82 Å². The van der Waals surface area contributed by atoms with Gasteiger partial charge in [-0.05, 0) is 19.1 Å². The summed E-state index contributed by atoms with van der Waals surface area (Å²) in [6.45, 7) is 1.58. The van der Waals surface area contributed by atoms with E-state index in [1.807, 2.05) is 0 Å². The molecule has 1 atom stereocenters. The zero-order valence-electron chi connectivity index (χ0n) is 9.57. The van der Waals surface area contributed by atoms with Crippen LogP contribution in [0.1, 0.15) is 17.3 Å². The predicted molar refractivity (Wildman–Crippen MR) is 65.7 cm³/mol. The Morgan fingerprint density at radius 2 is 2.11 bits per heavy atom. The van der Waals surface area contributed by atoms with Crippen molar-refractivity contribution in [3.8, 4) is 0 Å². The lowest BCUT2D eigenvalue weighted by molar-refractivity contribution is -0.139. The highest BCUT2D eigenvalue weighted by Gasteiger charge is 2.19. The number of carboxylic acids is 1. The summed E-state index contributed by atoms with van der Waals surface area (Å²) in [6.07, 6.45) is 0. The molecule has 0 amide bonds. The van der Waals surface area contributed by atoms with Gasteiger partial charge in [-0.3, -0.25) is 4.79 Å². The Morgan fingerprint density at radius 1 is 1.50 bits per heavy atom. The Morgan fingerprint density at radius 3 is 2.61 bits per heavy atom. The fourth-order valence-electron chi connectivity index (χ4n) is 1.19. The number of hydrogen-bond acceptors (Lipinski definition) is 4. The van der Waals surface area contributed by atoms with E-state index in [-0.39, 0.29) is 5.02 Å². The summed E-state index contributed by atoms with van der Waals surface area (Å²) in [6, 6.07) is 2.02. The number of esters is 1. The molecule has 0 saturated carbocycles. The first kappa shape index (κ1) is 14.8. The van der Waals surface area contributed by atoms with Gasteiger partial charge in [0.05, 0.1) is 17.7 Å². The van der Waals surface area contributed by atoms with Crippen LogP contribution in [-0.4, -0.2) is 29.4 Å². The minimum atomic E-state index is -1.39. The third kappa shape index (κ3) is 3.36. The third-order valence-electron chi connectivity index (χ3n) is 2.09. The number of carboxylic acid groups (broad SMARTS) is 1. The smallest absolute Gasteiger partial charge is 0.338 e. The fraction of sp³-hybridized carbons (Fsp3) is 0.273. The molecule has 1 aromatic rings. The molecule has 0 heterocycles. The van der Waals surface area contributed by atoms with E-state index in [4.69, 9.17) is 16.7 Å². The molecular formula is C11H10ClFO4S. The molecule has 18 heavy (non-hydrogen) atoms. The number of carbonyl (C=O) groups excluding carboxylic acids is 1. The first-order valence-corrected chi connectivity index (χ1v) is 6.09. The van der Waals surface area contributed by atoms with Crippen molar-refractivity contribution < 1.29 is 23.8 Å². The van der Waals surface area contributed by atoms with Gasteiger partial charge in [-0.2, -0.15) is 0 Å². The number of aromatic carboxylic acids is 1. The maximum absolute atomic E-state index is 13.3. The molecule has 0 radical (unpaired) electrons. The van der Waals surface area contributed by atoms with Crippen molar-refractivity contribution in [2.75, 3.05) is 7.11 Å². The van der Waals surface area contributed by atoms with Gasteiger partial charge < -0.3 is 9.84 Å². The number of benzene rings is 1. The van der Waals surface area contributed by atoms with Crippen molar-refractivity contribution in [2.45, 2.75) is 17.1 Å². The molecule has 98 valence electrons. The number of methoxy groups -OCH3 is 1. The second-order valence-electron chi connectivity index (χ2n) is 3.35. The zero-order chi connectivity index (χ0) is 13.9. The van der Waals surface area contributed by atoms with Crippen LogP contribution in [-0.2, 0) is 9.53 Å². The number of ether oxygens (including phenoxy) is 1. The number of rotatable bonds is 4. The van der Waals surface area contributed by atoms with Crippen molar-refractivity contribution in [3.63, 3.8) is 0 Å². The van der Waals surface area contributed by atoms with Crippen LogP contribution >= 0.6 is 23.4 Å². The average molecular weight is 293 g/mol. The largest absolute Gasteiger partial charge is 0.478 e. The van der Waals surface area contributed by atoms with Crippen LogP contribution in [0.2, 0.25) is 5.02 Å². The average Bonchev–Trinajstić information content (AvgIpc) is 2.30. The van der Waals surface area contributed by atoms with Gasteiger partial charge in [0, 0.05) is 4.90 Å². The summed E-state index contributed by atoms with van der Waals surface area (Å²) in [5, 5.41) is 8.27. The molecule has 0 aromatic heterocycles. The highest BCUT2D eigenvalue weighted by atomic mass is 35.5. The lowest BCUT2D eigenvalue weighted by Gasteiger charge is -2.11. The topological polar surface area (TPSA) is 63.6 Å². The molecule has 0 aliphatic rings. The van der Waals surface area contributed by atoms with E-state index in [9.17, 15) is 14.0 Å². The first-order chi connectivity index (χ1) is 8.36. The predicted octanol–water partition coefficient (Wildman–Crippen LogP) is 2.83. The summed E-state index contributed by atoms with van der Waals surface area (Å²) in [5.74, 6) is -2.78. The van der Waals surface area contributed by atoms with Crippen LogP contribution in [0.25, 0.3) is 0 Å². The van der Waals surface area contributed by atoms with Crippen molar-refractivity contribution in [3.05, 3.63) is 28.5 Å². The monoisotopic (exact) mass is 292 g/mol. The molecular weight excluding hydrogens is 283 g/mol. The minimum absolute atomic E-state index is 0.0539. The SMILES string of the molecule is COC(=O)C(C)Sc1cc(C(=O)O)c(F)cc1Cl. The summed E-state index contributed by atoms with van der Waals surface area (Å²) in [5.41, 5.74) is -0.487. The van der Waals surface area contributed by atoms with E-state index >= 15 is 0 Å². The van der Waals surface area contributed by atoms with Gasteiger partial charge in [0.1, 0.15) is 11.1 Å². The first-order valence-electron chi connectivity index (χ1n) is 4.83. The highest BCUT2D eigenvalue weighted by molar-refractivity contribution is 8.00. The van der Waals surface area contributed by atoms with Crippen molar-refractivity contribution >= 4 is 35.3 Å². The quantitative estimate of drug-likeness (QED) is 0.683. The minimum Gasteiger partial charge on any atom is -0.478 e. The third-order valence-corrected chi connectivity index (χ3v) is 3.65. The van der Waals surface area contributed by atoms with E-state index < -0.39 is 28.6 Å². The number of carbonyl (C=O) groups is 2. The number of thioether (sulfide) groups is 1. The van der Waals surface area contributed by atoms with Gasteiger partial charge in [-0.15, -0.1) is 11.8 Å². The second kappa shape index (κ2) is 6.06. The van der Waals surface area contributed by atoms with Crippen molar-refractivity contribution in [2.24, 2.45) is 0 Å². The summed E-state index contributed by atoms with van der Waals surface area (Å²) < 4.78 is 17.8. The molecule has 0 fully saturated rings. The Balaban J connectivity index is 3.06. The van der Waals surface area contributed by atoms with E-state index in [2.05, 4.69) is 4.74 Å². The van der Waals surface area contributed by atoms with E-state index in [0.717, 1.165) is 23.9 Å². The summed E-state index contributed by atoms with van der Waals surface area (Å²) >= 11 is 6.80. The number of halogens is 2. The standard InChI is InChI=1S/C11H10ClFO4S/c1-5(11(16)17-2)18-9-3-6(10(14)15)8(13)4-7(9)12/h3-5H,1-2H3,(H,14,15). The summed E-state index contributed by atoms with van der Waals surface area (Å²) in [4.78, 5) is 22.3. The van der Waals surface area contributed by atoms with Gasteiger partial charge in [0.2, 0.25) is 0 Å². The van der Waals surface area contributed by atoms with Gasteiger partial charge in [0.15, 0.2) is 0 Å². The van der Waals surface area contributed by atoms with Crippen LogP contribution in [0.15, 0.2) is 17.0 Å². The Kier molecular flexibility index (Phi) is 4.98. The molecule has 1 aromatic carbocycles. The fourth-order valence-corrected chi connectivity index (χ4v) is 2.40. The molecule has 1 rings (SSSR count). The molecule has 1 unspecified atom stereocenters. The number of hydrogen-bond donors (Lipinski definition) is 1. The zero-order valence-corrected chi connectivity index (χ0v) is 11.1. The molecule has 0 bridgehead atoms. The summed E-state index contributed by atoms with van der Waals surface area (Å²) in [7, 11) is 1.24. The van der Waals surface area contributed by atoms with Crippen molar-refractivity contribution in [1.29, 1.82) is 0 Å². The molecule has 1 N–H and O–H groups in total. The second-order valence-corrected chi connectivity index (χ2v) is 5.14. The van der Waals surface area contributed by atoms with Crippen LogP contribution in [0.5, 0.6) is 0 Å². The van der Waals surface area contributed by atoms with E-state index in [0.29, 0.717) is 4.90 Å². The van der Waals surface area contributed by atoms with Gasteiger partial charge in [0.25, 0.3) is 0 Å². The van der Waals surface area contributed by atoms with Crippen molar-refractivity contribution in [1.82, 2.24) is 0 Å².